The van der Waals surface area contributed by atoms with Crippen LogP contribution in [-0.4, -0.2) is 124 Å². The van der Waals surface area contributed by atoms with E-state index in [1.165, 1.54) is 49.4 Å². The Hall–Kier alpha value is -7.89. The minimum absolute atomic E-state index is 0.0112. The van der Waals surface area contributed by atoms with Crippen LogP contribution >= 0.6 is 0 Å². The van der Waals surface area contributed by atoms with Crippen molar-refractivity contribution in [1.82, 2.24) is 40.7 Å². The van der Waals surface area contributed by atoms with E-state index < -0.39 is 71.4 Å². The van der Waals surface area contributed by atoms with Gasteiger partial charge >= 0.3 is 12.2 Å². The molecule has 7 aromatic rings. The number of aromatic amines is 1. The summed E-state index contributed by atoms with van der Waals surface area (Å²) in [6, 6.07) is 16.1. The molecule has 17 nitrogen and oxygen atoms in total. The minimum Gasteiger partial charge on any atom is -0.486 e. The Kier molecular flexibility index (Phi) is 16.7. The molecule has 23 heteroatoms. The molecule has 432 valence electrons. The maximum Gasteiger partial charge on any atom is 0.417 e. The van der Waals surface area contributed by atoms with E-state index in [0.717, 1.165) is 23.8 Å². The SMILES string of the molecule is CC.COCCOc1nc(N2CC3NCC32)c2cc(C(F)(F)F)c(-c3c(C)c(F)cc4[nH]ncc34)c(OCc3ccc(C4CN(C(C(=O)N5CCCC5C(=O)NC(CO)c5ccc(-c6c(F)cccc6F)cc5)C(C)C)N=N4)cc3)c2n1. The Balaban J connectivity index is 0.00000372. The molecule has 2 aromatic heterocycles. The fraction of sp³-hybridized carbons (Fsp3) is 0.407. The molecule has 5 aromatic carbocycles. The van der Waals surface area contributed by atoms with E-state index in [9.17, 15) is 23.5 Å². The number of carbonyl (C=O) groups is 2. The van der Waals surface area contributed by atoms with Gasteiger partial charge in [0, 0.05) is 54.7 Å². The average Bonchev–Trinajstić information content (AvgIpc) is 1.58. The van der Waals surface area contributed by atoms with E-state index >= 15 is 17.6 Å². The summed E-state index contributed by atoms with van der Waals surface area (Å²) in [6.45, 7) is 10.3. The van der Waals surface area contributed by atoms with Gasteiger partial charge in [-0.15, -0.1) is 0 Å². The number of fused-ring (bicyclic) bond motifs is 3. The number of likely N-dealkylation sites (tertiary alicyclic amines) is 1. The van der Waals surface area contributed by atoms with E-state index in [4.69, 9.17) is 19.2 Å². The van der Waals surface area contributed by atoms with Crippen LogP contribution in [0.15, 0.2) is 95.4 Å². The Morgan fingerprint density at radius 2 is 1.63 bits per heavy atom. The lowest BCUT2D eigenvalue weighted by Crippen LogP contribution is -2.78. The highest BCUT2D eigenvalue weighted by Gasteiger charge is 2.48. The zero-order valence-electron chi connectivity index (χ0n) is 46.0. The normalized spacial score (nSPS) is 19.2. The molecule has 0 spiro atoms. The van der Waals surface area contributed by atoms with Crippen molar-refractivity contribution in [3.05, 3.63) is 130 Å². The molecule has 6 atom stereocenters. The van der Waals surface area contributed by atoms with Gasteiger partial charge in [0.25, 0.3) is 0 Å². The van der Waals surface area contributed by atoms with E-state index in [-0.39, 0.29) is 112 Å². The molecule has 0 saturated carbocycles. The van der Waals surface area contributed by atoms with E-state index in [0.29, 0.717) is 43.6 Å². The number of piperazine rings is 1. The summed E-state index contributed by atoms with van der Waals surface area (Å²) in [5, 5.41) is 34.2. The molecule has 6 heterocycles. The largest absolute Gasteiger partial charge is 0.486 e. The number of aliphatic hydroxyl groups is 1. The van der Waals surface area contributed by atoms with Crippen molar-refractivity contribution >= 4 is 39.4 Å². The number of benzene rings is 5. The van der Waals surface area contributed by atoms with E-state index in [1.807, 2.05) is 32.6 Å². The molecule has 4 aliphatic rings. The number of hydrogen-bond donors (Lipinski definition) is 4. The molecule has 11 rings (SSSR count). The number of H-pyrrole nitrogens is 1. The average molecular weight is 1140 g/mol. The molecule has 82 heavy (non-hydrogen) atoms. The van der Waals surface area contributed by atoms with Crippen LogP contribution in [-0.2, 0) is 27.1 Å². The number of ether oxygens (including phenoxy) is 3. The molecule has 0 radical (unpaired) electrons. The van der Waals surface area contributed by atoms with Crippen LogP contribution in [0.3, 0.4) is 0 Å². The van der Waals surface area contributed by atoms with Crippen LogP contribution < -0.4 is 25.0 Å². The molecule has 6 unspecified atom stereocenters. The van der Waals surface area contributed by atoms with Gasteiger partial charge in [-0.2, -0.15) is 33.4 Å². The summed E-state index contributed by atoms with van der Waals surface area (Å²) in [7, 11) is 1.50. The van der Waals surface area contributed by atoms with Crippen molar-refractivity contribution in [2.24, 2.45) is 16.3 Å². The first kappa shape index (κ1) is 57.3. The molecule has 0 aliphatic carbocycles. The van der Waals surface area contributed by atoms with Gasteiger partial charge in [0.05, 0.1) is 54.7 Å². The van der Waals surface area contributed by atoms with Crippen molar-refractivity contribution in [3.8, 4) is 34.0 Å². The zero-order valence-corrected chi connectivity index (χ0v) is 46.0. The lowest BCUT2D eigenvalue weighted by Gasteiger charge is -2.56. The number of amides is 2. The van der Waals surface area contributed by atoms with Gasteiger partial charge in [-0.25, -0.2) is 13.2 Å². The number of rotatable bonds is 18. The van der Waals surface area contributed by atoms with Crippen LogP contribution in [0.2, 0.25) is 0 Å². The lowest BCUT2D eigenvalue weighted by molar-refractivity contribution is -0.144. The summed E-state index contributed by atoms with van der Waals surface area (Å²) < 4.78 is 110. The summed E-state index contributed by atoms with van der Waals surface area (Å²) >= 11 is 0. The Morgan fingerprint density at radius 3 is 2.28 bits per heavy atom. The number of hydrogen-bond acceptors (Lipinski definition) is 14. The highest BCUT2D eigenvalue weighted by Crippen LogP contribution is 2.51. The smallest absolute Gasteiger partial charge is 0.417 e. The Bertz CT molecular complexity index is 3490. The lowest BCUT2D eigenvalue weighted by atomic mass is 9.87. The number of anilines is 1. The zero-order chi connectivity index (χ0) is 58.1. The van der Waals surface area contributed by atoms with Crippen LogP contribution in [0, 0.1) is 30.3 Å². The van der Waals surface area contributed by atoms with Crippen molar-refractivity contribution in [1.29, 1.82) is 0 Å². The van der Waals surface area contributed by atoms with Gasteiger partial charge in [-0.3, -0.25) is 19.7 Å². The molecule has 3 saturated heterocycles. The van der Waals surface area contributed by atoms with E-state index in [1.54, 1.807) is 41.4 Å². The quantitative estimate of drug-likeness (QED) is 0.0470. The predicted octanol–water partition coefficient (Wildman–Crippen LogP) is 9.96. The van der Waals surface area contributed by atoms with Crippen molar-refractivity contribution in [2.75, 3.05) is 58.0 Å². The van der Waals surface area contributed by atoms with Crippen LogP contribution in [0.25, 0.3) is 44.1 Å². The third kappa shape index (κ3) is 11.0. The van der Waals surface area contributed by atoms with Gasteiger partial charge in [0.1, 0.15) is 60.1 Å². The molecular weight excluding hydrogens is 1070 g/mol. The van der Waals surface area contributed by atoms with Crippen molar-refractivity contribution in [3.63, 3.8) is 0 Å². The first-order valence-corrected chi connectivity index (χ1v) is 27.4. The van der Waals surface area contributed by atoms with Gasteiger partial charge in [-0.1, -0.05) is 87.5 Å². The first-order chi connectivity index (χ1) is 39.5. The van der Waals surface area contributed by atoms with Crippen molar-refractivity contribution < 1.29 is 55.2 Å². The summed E-state index contributed by atoms with van der Waals surface area (Å²) in [6.07, 6.45) is -2.68. The molecule has 4 aliphatic heterocycles. The second-order valence-electron chi connectivity index (χ2n) is 20.8. The molecule has 2 amide bonds. The molecular formula is C59H63F6N11O6. The Morgan fingerprint density at radius 1 is 0.890 bits per heavy atom. The Labute approximate surface area is 469 Å². The minimum atomic E-state index is -4.97. The summed E-state index contributed by atoms with van der Waals surface area (Å²) in [4.78, 5) is 41.2. The van der Waals surface area contributed by atoms with Crippen LogP contribution in [0.5, 0.6) is 11.8 Å². The number of alkyl halides is 3. The number of nitrogens with zero attached hydrogens (tertiary/aromatic N) is 8. The van der Waals surface area contributed by atoms with Gasteiger partial charge in [0.15, 0.2) is 5.75 Å². The number of aliphatic hydroxyl groups excluding tert-OH is 1. The number of halogens is 6. The third-order valence-electron chi connectivity index (χ3n) is 15.6. The first-order valence-electron chi connectivity index (χ1n) is 27.4. The van der Waals surface area contributed by atoms with Crippen molar-refractivity contribution in [2.45, 2.75) is 96.5 Å². The van der Waals surface area contributed by atoms with Gasteiger partial charge in [-0.05, 0) is 77.8 Å². The summed E-state index contributed by atoms with van der Waals surface area (Å²) in [5.41, 5.74) is 0.460. The second kappa shape index (κ2) is 23.9. The second-order valence-corrected chi connectivity index (χ2v) is 20.8. The molecule has 3 fully saturated rings. The standard InChI is InChI=1S/C57H57F6N11O6.C2H6/c1-29(2)51(55(77)72-18-6-9-45(72)54(76)66-44(27-75)33-14-16-34(17-15-33)48-38(58)7-5-8-39(48)59)74-26-42(70-71-74)32-12-10-31(11-13-32)28-80-52-49(47-30(3)40(60)22-41-36(47)23-65-69-41)37(57(61,62)63)21-35-50(52)67-56(79-20-19-78-4)68-53(35)73-25-43-46(73)24-64-43;1-2/h5,7-8,10-17,21-23,29,42-46,51,64,75H,6,9,18-20,24-28H2,1-4H3,(H,65,69)(H,66,76);1-2H3. The maximum atomic E-state index is 15.8. The van der Waals surface area contributed by atoms with Gasteiger partial charge < -0.3 is 39.8 Å². The van der Waals surface area contributed by atoms with Gasteiger partial charge in [0.2, 0.25) is 11.8 Å². The number of aromatic nitrogens is 4. The number of methoxy groups -OCH3 is 1. The number of carbonyl (C=O) groups excluding carboxylic acids is 2. The molecule has 4 N–H and O–H groups in total. The maximum absolute atomic E-state index is 15.8. The van der Waals surface area contributed by atoms with E-state index in [2.05, 4.69) is 36.2 Å². The summed E-state index contributed by atoms with van der Waals surface area (Å²) in [5.74, 6) is -3.27. The predicted molar refractivity (Wildman–Crippen MR) is 294 cm³/mol. The fourth-order valence-corrected chi connectivity index (χ4v) is 11.3. The third-order valence-corrected chi connectivity index (χ3v) is 15.6. The topological polar surface area (TPSA) is 195 Å². The fourth-order valence-electron chi connectivity index (χ4n) is 11.3. The molecule has 0 bridgehead atoms. The van der Waals surface area contributed by atoms with Crippen LogP contribution in [0.4, 0.5) is 32.2 Å². The number of nitrogens with one attached hydrogen (secondary N) is 3. The highest BCUT2D eigenvalue weighted by atomic mass is 19.4. The van der Waals surface area contributed by atoms with Crippen LogP contribution in [0.1, 0.15) is 80.4 Å². The monoisotopic (exact) mass is 1140 g/mol. The highest BCUT2D eigenvalue weighted by molar-refractivity contribution is 6.06.